The molecule has 1 aliphatic heterocycles. The highest BCUT2D eigenvalue weighted by Crippen LogP contribution is 2.12. The van der Waals surface area contributed by atoms with Crippen molar-refractivity contribution in [3.63, 3.8) is 0 Å². The van der Waals surface area contributed by atoms with E-state index in [0.29, 0.717) is 11.4 Å². The van der Waals surface area contributed by atoms with Crippen molar-refractivity contribution >= 4 is 17.5 Å². The summed E-state index contributed by atoms with van der Waals surface area (Å²) < 4.78 is 0. The summed E-state index contributed by atoms with van der Waals surface area (Å²) in [6, 6.07) is 7.53. The van der Waals surface area contributed by atoms with Crippen molar-refractivity contribution in [3.05, 3.63) is 34.9 Å². The van der Waals surface area contributed by atoms with Crippen molar-refractivity contribution in [1.29, 1.82) is 0 Å². The molecule has 3 nitrogen and oxygen atoms in total. The normalized spacial score (nSPS) is 17.3. The number of carbonyl (C=O) groups excluding carboxylic acids is 1. The van der Waals surface area contributed by atoms with Crippen LogP contribution in [-0.2, 0) is 11.2 Å². The standard InChI is InChI=1S/C15H21ClN2O/c1-2-17-8-3-9-18(11-10-17)15(19)12-13-4-6-14(16)7-5-13/h4-7H,2-3,8-12H2,1H3. The Morgan fingerprint density at radius 3 is 2.58 bits per heavy atom. The summed E-state index contributed by atoms with van der Waals surface area (Å²) in [7, 11) is 0. The van der Waals surface area contributed by atoms with Gasteiger partial charge in [-0.1, -0.05) is 30.7 Å². The van der Waals surface area contributed by atoms with Gasteiger partial charge >= 0.3 is 0 Å². The first-order chi connectivity index (χ1) is 9.19. The molecule has 1 heterocycles. The molecule has 0 aliphatic carbocycles. The van der Waals surface area contributed by atoms with Gasteiger partial charge in [-0.05, 0) is 37.2 Å². The van der Waals surface area contributed by atoms with E-state index in [4.69, 9.17) is 11.6 Å². The Morgan fingerprint density at radius 2 is 1.89 bits per heavy atom. The molecule has 1 aromatic carbocycles. The third-order valence-electron chi connectivity index (χ3n) is 3.66. The molecular weight excluding hydrogens is 260 g/mol. The van der Waals surface area contributed by atoms with E-state index >= 15 is 0 Å². The van der Waals surface area contributed by atoms with Gasteiger partial charge in [0.05, 0.1) is 6.42 Å². The molecule has 19 heavy (non-hydrogen) atoms. The van der Waals surface area contributed by atoms with E-state index in [9.17, 15) is 4.79 Å². The summed E-state index contributed by atoms with van der Waals surface area (Å²) in [6.45, 7) is 7.05. The Balaban J connectivity index is 1.90. The van der Waals surface area contributed by atoms with Crippen LogP contribution in [0.15, 0.2) is 24.3 Å². The van der Waals surface area contributed by atoms with Crippen LogP contribution in [0.25, 0.3) is 0 Å². The van der Waals surface area contributed by atoms with E-state index in [1.807, 2.05) is 29.2 Å². The van der Waals surface area contributed by atoms with Gasteiger partial charge in [0.25, 0.3) is 0 Å². The molecule has 0 atom stereocenters. The van der Waals surface area contributed by atoms with Gasteiger partial charge in [-0.25, -0.2) is 0 Å². The second-order valence-corrected chi connectivity index (χ2v) is 5.41. The smallest absolute Gasteiger partial charge is 0.227 e. The van der Waals surface area contributed by atoms with E-state index < -0.39 is 0 Å². The van der Waals surface area contributed by atoms with Crippen LogP contribution in [0.5, 0.6) is 0 Å². The van der Waals surface area contributed by atoms with Gasteiger partial charge in [0.1, 0.15) is 0 Å². The molecule has 1 fully saturated rings. The van der Waals surface area contributed by atoms with Gasteiger partial charge in [0, 0.05) is 24.7 Å². The van der Waals surface area contributed by atoms with Crippen molar-refractivity contribution in [2.75, 3.05) is 32.7 Å². The molecule has 2 rings (SSSR count). The van der Waals surface area contributed by atoms with Crippen LogP contribution in [0, 0.1) is 0 Å². The Kier molecular flexibility index (Phi) is 5.23. The number of benzene rings is 1. The summed E-state index contributed by atoms with van der Waals surface area (Å²) >= 11 is 5.85. The molecule has 0 saturated carbocycles. The Labute approximate surface area is 120 Å². The molecule has 0 N–H and O–H groups in total. The summed E-state index contributed by atoms with van der Waals surface area (Å²) in [5.41, 5.74) is 1.03. The van der Waals surface area contributed by atoms with Gasteiger partial charge < -0.3 is 9.80 Å². The number of hydrogen-bond acceptors (Lipinski definition) is 2. The predicted molar refractivity (Wildman–Crippen MR) is 78.5 cm³/mol. The van der Waals surface area contributed by atoms with Crippen LogP contribution in [0.3, 0.4) is 0 Å². The second-order valence-electron chi connectivity index (χ2n) is 4.97. The predicted octanol–water partition coefficient (Wildman–Crippen LogP) is 2.44. The highest BCUT2D eigenvalue weighted by atomic mass is 35.5. The van der Waals surface area contributed by atoms with Gasteiger partial charge in [-0.2, -0.15) is 0 Å². The molecule has 1 aromatic rings. The fourth-order valence-electron chi connectivity index (χ4n) is 2.43. The maximum atomic E-state index is 12.3. The van der Waals surface area contributed by atoms with Crippen molar-refractivity contribution in [3.8, 4) is 0 Å². The van der Waals surface area contributed by atoms with E-state index in [2.05, 4.69) is 11.8 Å². The molecule has 0 radical (unpaired) electrons. The van der Waals surface area contributed by atoms with Crippen LogP contribution < -0.4 is 0 Å². The second kappa shape index (κ2) is 6.92. The molecule has 0 aromatic heterocycles. The maximum absolute atomic E-state index is 12.3. The number of amides is 1. The van der Waals surface area contributed by atoms with Crippen molar-refractivity contribution < 1.29 is 4.79 Å². The average Bonchev–Trinajstić information content (AvgIpc) is 2.66. The molecule has 1 amide bonds. The van der Waals surface area contributed by atoms with Crippen molar-refractivity contribution in [2.45, 2.75) is 19.8 Å². The molecule has 4 heteroatoms. The van der Waals surface area contributed by atoms with Crippen molar-refractivity contribution in [1.82, 2.24) is 9.80 Å². The van der Waals surface area contributed by atoms with Crippen LogP contribution in [0.4, 0.5) is 0 Å². The van der Waals surface area contributed by atoms with Gasteiger partial charge in [0.15, 0.2) is 0 Å². The first-order valence-corrected chi connectivity index (χ1v) is 7.31. The van der Waals surface area contributed by atoms with Crippen molar-refractivity contribution in [2.24, 2.45) is 0 Å². The lowest BCUT2D eigenvalue weighted by Gasteiger charge is -2.21. The lowest BCUT2D eigenvalue weighted by atomic mass is 10.1. The Bertz CT molecular complexity index is 419. The van der Waals surface area contributed by atoms with Gasteiger partial charge in [0.2, 0.25) is 5.91 Å². The van der Waals surface area contributed by atoms with Gasteiger partial charge in [-0.3, -0.25) is 4.79 Å². The topological polar surface area (TPSA) is 23.6 Å². The highest BCUT2D eigenvalue weighted by Gasteiger charge is 2.18. The van der Waals surface area contributed by atoms with Crippen LogP contribution >= 0.6 is 11.6 Å². The number of likely N-dealkylation sites (N-methyl/N-ethyl adjacent to an activating group) is 1. The number of nitrogens with zero attached hydrogens (tertiary/aromatic N) is 2. The molecule has 0 unspecified atom stereocenters. The van der Waals surface area contributed by atoms with E-state index in [1.165, 1.54) is 0 Å². The number of hydrogen-bond donors (Lipinski definition) is 0. The van der Waals surface area contributed by atoms with Gasteiger partial charge in [-0.15, -0.1) is 0 Å². The zero-order valence-electron chi connectivity index (χ0n) is 11.4. The summed E-state index contributed by atoms with van der Waals surface area (Å²) in [5.74, 6) is 0.222. The number of halogens is 1. The SMILES string of the molecule is CCN1CCCN(C(=O)Cc2ccc(Cl)cc2)CC1. The Hall–Kier alpha value is -1.06. The summed E-state index contributed by atoms with van der Waals surface area (Å²) in [6.07, 6.45) is 1.55. The molecule has 0 spiro atoms. The highest BCUT2D eigenvalue weighted by molar-refractivity contribution is 6.30. The summed E-state index contributed by atoms with van der Waals surface area (Å²) in [5, 5.41) is 0.713. The Morgan fingerprint density at radius 1 is 1.16 bits per heavy atom. The quantitative estimate of drug-likeness (QED) is 0.849. The first-order valence-electron chi connectivity index (χ1n) is 6.93. The van der Waals surface area contributed by atoms with Crippen LogP contribution in [0.1, 0.15) is 18.9 Å². The van der Waals surface area contributed by atoms with E-state index in [-0.39, 0.29) is 5.91 Å². The third kappa shape index (κ3) is 4.22. The first kappa shape index (κ1) is 14.4. The molecule has 0 bridgehead atoms. The van der Waals surface area contributed by atoms with E-state index in [1.54, 1.807) is 0 Å². The molecular formula is C15H21ClN2O. The average molecular weight is 281 g/mol. The number of rotatable bonds is 3. The molecule has 1 saturated heterocycles. The minimum atomic E-state index is 0.222. The number of carbonyl (C=O) groups is 1. The lowest BCUT2D eigenvalue weighted by Crippen LogP contribution is -2.36. The fourth-order valence-corrected chi connectivity index (χ4v) is 2.55. The third-order valence-corrected chi connectivity index (χ3v) is 3.91. The zero-order chi connectivity index (χ0) is 13.7. The minimum Gasteiger partial charge on any atom is -0.341 e. The largest absolute Gasteiger partial charge is 0.341 e. The monoisotopic (exact) mass is 280 g/mol. The van der Waals surface area contributed by atoms with Crippen LogP contribution in [0.2, 0.25) is 5.02 Å². The fraction of sp³-hybridized carbons (Fsp3) is 0.533. The lowest BCUT2D eigenvalue weighted by molar-refractivity contribution is -0.130. The zero-order valence-corrected chi connectivity index (χ0v) is 12.2. The molecule has 104 valence electrons. The van der Waals surface area contributed by atoms with E-state index in [0.717, 1.165) is 44.7 Å². The summed E-state index contributed by atoms with van der Waals surface area (Å²) in [4.78, 5) is 16.7. The molecule has 1 aliphatic rings. The maximum Gasteiger partial charge on any atom is 0.227 e. The minimum absolute atomic E-state index is 0.222. The van der Waals surface area contributed by atoms with Crippen LogP contribution in [-0.4, -0.2) is 48.4 Å².